The first-order chi connectivity index (χ1) is 11.6. The molecule has 146 valence electrons. The highest BCUT2D eigenvalue weighted by Crippen LogP contribution is 2.60. The molecule has 0 aromatic heterocycles. The number of aliphatic hydroxyl groups excluding tert-OH is 3. The summed E-state index contributed by atoms with van der Waals surface area (Å²) in [5.74, 6) is -3.92. The van der Waals surface area contributed by atoms with Crippen LogP contribution < -0.4 is 0 Å². The summed E-state index contributed by atoms with van der Waals surface area (Å²) in [5, 5.41) is 51.8. The van der Waals surface area contributed by atoms with Crippen molar-refractivity contribution < 1.29 is 35.0 Å². The molecular formula is C15H23Cl3O7. The van der Waals surface area contributed by atoms with E-state index in [1.165, 1.54) is 0 Å². The van der Waals surface area contributed by atoms with Gasteiger partial charge in [0.25, 0.3) is 0 Å². The second-order valence-corrected chi connectivity index (χ2v) is 8.47. The summed E-state index contributed by atoms with van der Waals surface area (Å²) in [5.41, 5.74) is -1.62. The molecule has 7 nitrogen and oxygen atoms in total. The highest BCUT2D eigenvalue weighted by molar-refractivity contribution is 6.27. The fourth-order valence-electron chi connectivity index (χ4n) is 3.88. The molecule has 3 rings (SSSR count). The topological polar surface area (TPSA) is 120 Å². The normalized spacial score (nSPS) is 52.2. The maximum Gasteiger partial charge on any atom is 0.211 e. The molecule has 5 N–H and O–H groups in total. The van der Waals surface area contributed by atoms with Crippen LogP contribution in [0.4, 0.5) is 0 Å². The van der Waals surface area contributed by atoms with E-state index in [9.17, 15) is 25.5 Å². The number of halogens is 3. The summed E-state index contributed by atoms with van der Waals surface area (Å²) >= 11 is 17.8. The van der Waals surface area contributed by atoms with E-state index < -0.39 is 64.7 Å². The second kappa shape index (κ2) is 6.58. The smallest absolute Gasteiger partial charge is 0.211 e. The molecular weight excluding hydrogens is 399 g/mol. The van der Waals surface area contributed by atoms with Crippen LogP contribution in [0.15, 0.2) is 0 Å². The van der Waals surface area contributed by atoms with Gasteiger partial charge in [-0.05, 0) is 12.8 Å². The van der Waals surface area contributed by atoms with Gasteiger partial charge in [-0.2, -0.15) is 0 Å². The van der Waals surface area contributed by atoms with Crippen molar-refractivity contribution in [3.8, 4) is 0 Å². The van der Waals surface area contributed by atoms with Crippen LogP contribution in [0.25, 0.3) is 0 Å². The van der Waals surface area contributed by atoms with Gasteiger partial charge in [0, 0.05) is 17.7 Å². The molecule has 1 saturated heterocycles. The third kappa shape index (κ3) is 2.92. The molecule has 25 heavy (non-hydrogen) atoms. The van der Waals surface area contributed by atoms with Gasteiger partial charge in [0.05, 0.1) is 18.1 Å². The van der Waals surface area contributed by atoms with Gasteiger partial charge in [0.2, 0.25) is 5.79 Å². The molecule has 0 amide bonds. The van der Waals surface area contributed by atoms with Crippen LogP contribution >= 0.6 is 34.8 Å². The van der Waals surface area contributed by atoms with Crippen molar-refractivity contribution in [1.29, 1.82) is 0 Å². The molecule has 0 aromatic rings. The van der Waals surface area contributed by atoms with Crippen LogP contribution in [0, 0.1) is 11.8 Å². The summed E-state index contributed by atoms with van der Waals surface area (Å²) in [6.45, 7) is 1.80. The van der Waals surface area contributed by atoms with Gasteiger partial charge in [0.15, 0.2) is 6.29 Å². The van der Waals surface area contributed by atoms with Crippen LogP contribution in [-0.4, -0.2) is 84.3 Å². The van der Waals surface area contributed by atoms with Gasteiger partial charge in [-0.3, -0.25) is 0 Å². The highest BCUT2D eigenvalue weighted by atomic mass is 35.5. The van der Waals surface area contributed by atoms with Crippen molar-refractivity contribution in [2.45, 2.75) is 66.7 Å². The Labute approximate surface area is 160 Å². The van der Waals surface area contributed by atoms with E-state index in [2.05, 4.69) is 0 Å². The van der Waals surface area contributed by atoms with E-state index >= 15 is 0 Å². The first-order valence-corrected chi connectivity index (χ1v) is 9.67. The van der Waals surface area contributed by atoms with Gasteiger partial charge in [-0.25, -0.2) is 0 Å². The molecule has 0 aromatic carbocycles. The lowest BCUT2D eigenvalue weighted by Gasteiger charge is -2.42. The molecule has 1 heterocycles. The maximum atomic E-state index is 10.6. The van der Waals surface area contributed by atoms with Crippen LogP contribution in [0.5, 0.6) is 0 Å². The number of hydrogen-bond donors (Lipinski definition) is 5. The Balaban J connectivity index is 1.75. The highest BCUT2D eigenvalue weighted by Gasteiger charge is 2.75. The summed E-state index contributed by atoms with van der Waals surface area (Å²) in [7, 11) is 0. The van der Waals surface area contributed by atoms with Crippen LogP contribution in [0.1, 0.15) is 19.8 Å². The molecule has 1 aliphatic heterocycles. The van der Waals surface area contributed by atoms with Crippen LogP contribution in [0.2, 0.25) is 0 Å². The number of alkyl halides is 3. The summed E-state index contributed by atoms with van der Waals surface area (Å²) in [6, 6.07) is 0. The minimum absolute atomic E-state index is 0.107. The molecule has 0 bridgehead atoms. The third-order valence-corrected chi connectivity index (χ3v) is 7.20. The van der Waals surface area contributed by atoms with Crippen molar-refractivity contribution in [3.05, 3.63) is 0 Å². The molecule has 3 fully saturated rings. The zero-order valence-electron chi connectivity index (χ0n) is 13.6. The molecule has 10 heteroatoms. The first-order valence-electron chi connectivity index (χ1n) is 8.23. The lowest BCUT2D eigenvalue weighted by molar-refractivity contribution is -0.357. The average Bonchev–Trinajstić information content (AvgIpc) is 3.43. The van der Waals surface area contributed by atoms with E-state index in [1.807, 2.05) is 0 Å². The quantitative estimate of drug-likeness (QED) is 0.284. The number of rotatable bonds is 7. The van der Waals surface area contributed by atoms with Crippen molar-refractivity contribution >= 4 is 34.8 Å². The predicted octanol–water partition coefficient (Wildman–Crippen LogP) is -0.255. The molecule has 0 radical (unpaired) electrons. The Kier molecular flexibility index (Phi) is 5.35. The van der Waals surface area contributed by atoms with Gasteiger partial charge >= 0.3 is 0 Å². The average molecular weight is 422 g/mol. The lowest BCUT2D eigenvalue weighted by atomic mass is 10.0. The third-order valence-electron chi connectivity index (χ3n) is 5.72. The Bertz CT molecular complexity index is 523. The summed E-state index contributed by atoms with van der Waals surface area (Å²) < 4.78 is 11.0. The Morgan fingerprint density at radius 2 is 2.00 bits per heavy atom. The van der Waals surface area contributed by atoms with E-state index in [4.69, 9.17) is 44.3 Å². The van der Waals surface area contributed by atoms with Crippen molar-refractivity contribution in [2.75, 3.05) is 11.8 Å². The molecule has 0 spiro atoms. The van der Waals surface area contributed by atoms with Gasteiger partial charge in [-0.1, -0.05) is 6.92 Å². The molecule has 10 atom stereocenters. The van der Waals surface area contributed by atoms with Gasteiger partial charge < -0.3 is 35.0 Å². The van der Waals surface area contributed by atoms with Crippen molar-refractivity contribution in [1.82, 2.24) is 0 Å². The van der Waals surface area contributed by atoms with Crippen LogP contribution in [-0.2, 0) is 9.47 Å². The fourth-order valence-corrected chi connectivity index (χ4v) is 4.99. The van der Waals surface area contributed by atoms with Gasteiger partial charge in [0.1, 0.15) is 22.7 Å². The number of ether oxygens (including phenoxy) is 2. The monoisotopic (exact) mass is 420 g/mol. The molecule has 7 unspecified atom stereocenters. The zero-order chi connectivity index (χ0) is 18.8. The SMILES string of the molecule is CCC1O[C@H](O[C@@](O)(CCl)C(O)C2(O)C[C@@H]2CCl)C(O)C2C(O)C12Cl. The minimum Gasteiger partial charge on any atom is -0.391 e. The Morgan fingerprint density at radius 1 is 1.36 bits per heavy atom. The first kappa shape index (κ1) is 20.3. The minimum atomic E-state index is -2.37. The standard InChI is InChI=1S/C15H23Cl3O7/c1-2-7-15(18)8(10(15)20)9(19)11(24-7)25-14(23,5-17)12(21)13(22)3-6(13)4-16/h6-12,19-23H,2-5H2,1H3/t6-,7?,8?,9?,10?,11-,12?,13?,14+,15?/m1/s1. The molecule has 2 aliphatic carbocycles. The van der Waals surface area contributed by atoms with Crippen LogP contribution in [0.3, 0.4) is 0 Å². The van der Waals surface area contributed by atoms with E-state index in [1.54, 1.807) is 6.92 Å². The zero-order valence-corrected chi connectivity index (χ0v) is 15.8. The van der Waals surface area contributed by atoms with Gasteiger partial charge in [-0.15, -0.1) is 34.8 Å². The number of hydrogen-bond acceptors (Lipinski definition) is 7. The summed E-state index contributed by atoms with van der Waals surface area (Å²) in [6.07, 6.45) is -5.38. The largest absolute Gasteiger partial charge is 0.391 e. The lowest BCUT2D eigenvalue weighted by Crippen LogP contribution is -2.59. The Morgan fingerprint density at radius 3 is 2.48 bits per heavy atom. The molecule has 3 aliphatic rings. The predicted molar refractivity (Wildman–Crippen MR) is 89.6 cm³/mol. The number of aliphatic hydroxyl groups is 5. The number of fused-ring (bicyclic) bond motifs is 1. The molecule has 2 saturated carbocycles. The second-order valence-electron chi connectivity index (χ2n) is 7.24. The van der Waals surface area contributed by atoms with Crippen molar-refractivity contribution in [3.63, 3.8) is 0 Å². The van der Waals surface area contributed by atoms with E-state index in [0.717, 1.165) is 0 Å². The van der Waals surface area contributed by atoms with E-state index in [0.29, 0.717) is 6.42 Å². The summed E-state index contributed by atoms with van der Waals surface area (Å²) in [4.78, 5) is -1.09. The van der Waals surface area contributed by atoms with E-state index in [-0.39, 0.29) is 12.3 Å². The van der Waals surface area contributed by atoms with Crippen molar-refractivity contribution in [2.24, 2.45) is 11.8 Å². The fraction of sp³-hybridized carbons (Fsp3) is 1.00. The Hall–Kier alpha value is 0.590. The maximum absolute atomic E-state index is 10.6.